The molecule has 1 aromatic heterocycles. The summed E-state index contributed by atoms with van der Waals surface area (Å²) in [5.74, 6) is 1.45. The molecule has 0 saturated carbocycles. The van der Waals surface area contributed by atoms with Gasteiger partial charge in [0.2, 0.25) is 11.9 Å². The lowest BCUT2D eigenvalue weighted by molar-refractivity contribution is 0.400. The molecule has 0 radical (unpaired) electrons. The summed E-state index contributed by atoms with van der Waals surface area (Å²) in [6.07, 6.45) is 0. The van der Waals surface area contributed by atoms with Crippen LogP contribution in [-0.2, 0) is 10.7 Å². The van der Waals surface area contributed by atoms with Crippen LogP contribution in [0.25, 0.3) is 0 Å². The van der Waals surface area contributed by atoms with Crippen LogP contribution in [0.5, 0.6) is 0 Å². The van der Waals surface area contributed by atoms with Gasteiger partial charge in [-0.3, -0.25) is 5.32 Å². The fourth-order valence-electron chi connectivity index (χ4n) is 0.865. The highest BCUT2D eigenvalue weighted by Crippen LogP contribution is 2.01. The highest BCUT2D eigenvalue weighted by Gasteiger charge is 2.00. The van der Waals surface area contributed by atoms with E-state index in [2.05, 4.69) is 20.3 Å². The minimum Gasteiger partial charge on any atom is -0.368 e. The van der Waals surface area contributed by atoms with E-state index in [1.165, 1.54) is 12.0 Å². The Morgan fingerprint density at radius 1 is 1.27 bits per heavy atom. The maximum absolute atomic E-state index is 5.41. The summed E-state index contributed by atoms with van der Waals surface area (Å²) in [7, 11) is 0. The van der Waals surface area contributed by atoms with Gasteiger partial charge < -0.3 is 15.7 Å². The summed E-state index contributed by atoms with van der Waals surface area (Å²) >= 11 is 1.34. The molecule has 84 valence electrons. The third-order valence-electron chi connectivity index (χ3n) is 1.36. The zero-order valence-electron chi connectivity index (χ0n) is 8.43. The molecule has 0 spiro atoms. The Balaban J connectivity index is 2.31. The van der Waals surface area contributed by atoms with Crippen molar-refractivity contribution in [2.75, 3.05) is 24.0 Å². The van der Waals surface area contributed by atoms with E-state index in [0.717, 1.165) is 0 Å². The first-order valence-corrected chi connectivity index (χ1v) is 5.34. The molecule has 0 fully saturated rings. The second-order valence-corrected chi connectivity index (χ2v) is 3.32. The number of hydrogen-bond donors (Lipinski definition) is 3. The molecule has 7 nitrogen and oxygen atoms in total. The Hall–Kier alpha value is -1.12. The van der Waals surface area contributed by atoms with Crippen LogP contribution >= 0.6 is 12.0 Å². The van der Waals surface area contributed by atoms with Crippen molar-refractivity contribution >= 4 is 23.9 Å². The van der Waals surface area contributed by atoms with E-state index < -0.39 is 0 Å². The van der Waals surface area contributed by atoms with Crippen LogP contribution in [0.2, 0.25) is 0 Å². The standard InChI is InChI=1S/C7H14N6OS/c1-2-14-15-4-10-3-5-11-6(8)13-7(9)12-5/h10H,2-4H2,1H3,(H4,8,9,11,12,13). The van der Waals surface area contributed by atoms with E-state index >= 15 is 0 Å². The second kappa shape index (κ2) is 6.38. The van der Waals surface area contributed by atoms with Gasteiger partial charge in [0, 0.05) is 12.0 Å². The summed E-state index contributed by atoms with van der Waals surface area (Å²) < 4.78 is 5.07. The zero-order valence-corrected chi connectivity index (χ0v) is 9.25. The summed E-state index contributed by atoms with van der Waals surface area (Å²) in [5.41, 5.74) is 10.8. The van der Waals surface area contributed by atoms with Crippen LogP contribution in [0.15, 0.2) is 0 Å². The van der Waals surface area contributed by atoms with Gasteiger partial charge in [-0.15, -0.1) is 0 Å². The molecule has 0 unspecified atom stereocenters. The molecule has 0 aromatic carbocycles. The van der Waals surface area contributed by atoms with E-state index in [9.17, 15) is 0 Å². The fraction of sp³-hybridized carbons (Fsp3) is 0.571. The topological polar surface area (TPSA) is 112 Å². The predicted molar refractivity (Wildman–Crippen MR) is 59.6 cm³/mol. The Morgan fingerprint density at radius 3 is 2.53 bits per heavy atom. The molecule has 0 amide bonds. The molecule has 1 rings (SSSR count). The minimum absolute atomic E-state index is 0.136. The molecule has 0 aliphatic rings. The van der Waals surface area contributed by atoms with Crippen LogP contribution in [0.1, 0.15) is 12.7 Å². The van der Waals surface area contributed by atoms with Crippen molar-refractivity contribution in [3.8, 4) is 0 Å². The molecule has 1 aromatic rings. The van der Waals surface area contributed by atoms with E-state index in [1.807, 2.05) is 6.92 Å². The van der Waals surface area contributed by atoms with Gasteiger partial charge >= 0.3 is 0 Å². The average Bonchev–Trinajstić information content (AvgIpc) is 2.16. The third kappa shape index (κ3) is 4.77. The number of nitrogens with one attached hydrogen (secondary N) is 1. The van der Waals surface area contributed by atoms with E-state index in [0.29, 0.717) is 24.9 Å². The van der Waals surface area contributed by atoms with Crippen molar-refractivity contribution in [1.82, 2.24) is 20.3 Å². The normalized spacial score (nSPS) is 10.5. The van der Waals surface area contributed by atoms with Crippen molar-refractivity contribution in [2.24, 2.45) is 0 Å². The third-order valence-corrected chi connectivity index (χ3v) is 2.09. The van der Waals surface area contributed by atoms with Crippen LogP contribution in [0, 0.1) is 0 Å². The van der Waals surface area contributed by atoms with E-state index in [1.54, 1.807) is 0 Å². The number of rotatable bonds is 6. The van der Waals surface area contributed by atoms with Gasteiger partial charge in [0.05, 0.1) is 19.0 Å². The maximum atomic E-state index is 5.41. The van der Waals surface area contributed by atoms with Gasteiger partial charge in [0.25, 0.3) is 0 Å². The van der Waals surface area contributed by atoms with Gasteiger partial charge in [-0.1, -0.05) is 0 Å². The predicted octanol–water partition coefficient (Wildman–Crippen LogP) is -0.232. The highest BCUT2D eigenvalue weighted by molar-refractivity contribution is 7.94. The van der Waals surface area contributed by atoms with Crippen molar-refractivity contribution in [3.63, 3.8) is 0 Å². The molecule has 0 aliphatic carbocycles. The zero-order chi connectivity index (χ0) is 11.1. The summed E-state index contributed by atoms with van der Waals surface area (Å²) in [4.78, 5) is 11.5. The number of aromatic nitrogens is 3. The molecule has 1 heterocycles. The van der Waals surface area contributed by atoms with E-state index in [4.69, 9.17) is 15.7 Å². The van der Waals surface area contributed by atoms with E-state index in [-0.39, 0.29) is 11.9 Å². The SMILES string of the molecule is CCOSCNCc1nc(N)nc(N)n1. The fourth-order valence-corrected chi connectivity index (χ4v) is 1.30. The Labute approximate surface area is 92.2 Å². The van der Waals surface area contributed by atoms with Gasteiger partial charge in [0.1, 0.15) is 5.82 Å². The van der Waals surface area contributed by atoms with Crippen LogP contribution in [0.4, 0.5) is 11.9 Å². The summed E-state index contributed by atoms with van der Waals surface area (Å²) in [5, 5.41) is 3.06. The molecule has 0 bridgehead atoms. The largest absolute Gasteiger partial charge is 0.368 e. The second-order valence-electron chi connectivity index (χ2n) is 2.56. The van der Waals surface area contributed by atoms with Crippen molar-refractivity contribution < 1.29 is 4.18 Å². The first-order chi connectivity index (χ1) is 7.22. The average molecular weight is 230 g/mol. The van der Waals surface area contributed by atoms with Crippen molar-refractivity contribution in [2.45, 2.75) is 13.5 Å². The monoisotopic (exact) mass is 230 g/mol. The molecule has 0 aliphatic heterocycles. The lowest BCUT2D eigenvalue weighted by atomic mass is 10.6. The number of nitrogens with two attached hydrogens (primary N) is 2. The molecular weight excluding hydrogens is 216 g/mol. The van der Waals surface area contributed by atoms with Gasteiger partial charge in [-0.2, -0.15) is 15.0 Å². The highest BCUT2D eigenvalue weighted by atomic mass is 32.2. The van der Waals surface area contributed by atoms with Crippen LogP contribution < -0.4 is 16.8 Å². The van der Waals surface area contributed by atoms with Gasteiger partial charge in [0.15, 0.2) is 0 Å². The number of nitrogens with zero attached hydrogens (tertiary/aromatic N) is 3. The first kappa shape index (κ1) is 12.0. The molecule has 0 saturated heterocycles. The van der Waals surface area contributed by atoms with Gasteiger partial charge in [-0.25, -0.2) is 0 Å². The minimum atomic E-state index is 0.136. The Morgan fingerprint density at radius 2 is 1.93 bits per heavy atom. The van der Waals surface area contributed by atoms with Crippen LogP contribution in [0.3, 0.4) is 0 Å². The van der Waals surface area contributed by atoms with Crippen LogP contribution in [-0.4, -0.2) is 27.4 Å². The molecule has 15 heavy (non-hydrogen) atoms. The van der Waals surface area contributed by atoms with Crippen molar-refractivity contribution in [1.29, 1.82) is 0 Å². The molecule has 8 heteroatoms. The number of hydrogen-bond acceptors (Lipinski definition) is 8. The molecular formula is C7H14N6OS. The lowest BCUT2D eigenvalue weighted by Gasteiger charge is -2.03. The number of nitrogen functional groups attached to an aromatic ring is 2. The smallest absolute Gasteiger partial charge is 0.225 e. The Kier molecular flexibility index (Phi) is 5.08. The quantitative estimate of drug-likeness (QED) is 0.349. The lowest BCUT2D eigenvalue weighted by Crippen LogP contribution is -2.17. The summed E-state index contributed by atoms with van der Waals surface area (Å²) in [6.45, 7) is 3.09. The Bertz CT molecular complexity index is 289. The van der Waals surface area contributed by atoms with Crippen molar-refractivity contribution in [3.05, 3.63) is 5.82 Å². The molecule has 5 N–H and O–H groups in total. The number of anilines is 2. The first-order valence-electron chi connectivity index (χ1n) is 4.43. The summed E-state index contributed by atoms with van der Waals surface area (Å²) in [6, 6.07) is 0. The maximum Gasteiger partial charge on any atom is 0.225 e. The molecule has 0 atom stereocenters. The van der Waals surface area contributed by atoms with Gasteiger partial charge in [-0.05, 0) is 6.92 Å².